The van der Waals surface area contributed by atoms with Crippen molar-refractivity contribution in [1.82, 2.24) is 30.1 Å². The first-order chi connectivity index (χ1) is 12.7. The van der Waals surface area contributed by atoms with E-state index in [1.165, 1.54) is 0 Å². The molecule has 0 saturated carbocycles. The van der Waals surface area contributed by atoms with Gasteiger partial charge in [-0.05, 0) is 19.3 Å². The monoisotopic (exact) mass is 360 g/mol. The Balaban J connectivity index is 1.54. The summed E-state index contributed by atoms with van der Waals surface area (Å²) >= 11 is 0. The molecular weight excluding hydrogens is 336 g/mol. The van der Waals surface area contributed by atoms with Crippen molar-refractivity contribution in [3.05, 3.63) is 17.1 Å². The summed E-state index contributed by atoms with van der Waals surface area (Å²) in [4.78, 5) is 18.6. The molecule has 4 heterocycles. The van der Waals surface area contributed by atoms with Gasteiger partial charge in [0.2, 0.25) is 0 Å². The van der Waals surface area contributed by atoms with Gasteiger partial charge in [0.1, 0.15) is 0 Å². The molecule has 140 valence electrons. The summed E-state index contributed by atoms with van der Waals surface area (Å²) in [6.45, 7) is 5.21. The summed E-state index contributed by atoms with van der Waals surface area (Å²) in [5.41, 5.74) is 2.68. The van der Waals surface area contributed by atoms with Crippen molar-refractivity contribution in [3.8, 4) is 11.6 Å². The van der Waals surface area contributed by atoms with E-state index in [1.807, 2.05) is 14.0 Å². The molecule has 0 atom stereocenters. The van der Waals surface area contributed by atoms with Crippen LogP contribution >= 0.6 is 0 Å². The number of ether oxygens (including phenoxy) is 1. The highest BCUT2D eigenvalue weighted by Crippen LogP contribution is 2.33. The van der Waals surface area contributed by atoms with E-state index in [4.69, 9.17) is 9.26 Å². The molecule has 9 nitrogen and oxygen atoms in total. The highest BCUT2D eigenvalue weighted by atomic mass is 16.5. The van der Waals surface area contributed by atoms with Gasteiger partial charge >= 0.3 is 6.03 Å². The third-order valence-corrected chi connectivity index (χ3v) is 5.01. The summed E-state index contributed by atoms with van der Waals surface area (Å²) in [5.74, 6) is 1.42. The number of carbonyl (C=O) groups excluding carboxylic acids is 1. The van der Waals surface area contributed by atoms with E-state index < -0.39 is 0 Å². The largest absolute Gasteiger partial charge is 0.381 e. The van der Waals surface area contributed by atoms with E-state index in [0.29, 0.717) is 31.2 Å². The minimum absolute atomic E-state index is 0.0533. The molecule has 4 rings (SSSR count). The first-order valence-corrected chi connectivity index (χ1v) is 9.16. The molecule has 0 aliphatic carbocycles. The van der Waals surface area contributed by atoms with Gasteiger partial charge in [0.05, 0.1) is 18.8 Å². The fourth-order valence-corrected chi connectivity index (χ4v) is 3.51. The molecule has 0 unspecified atom stereocenters. The third-order valence-electron chi connectivity index (χ3n) is 5.01. The van der Waals surface area contributed by atoms with E-state index in [2.05, 4.69) is 20.6 Å². The van der Waals surface area contributed by atoms with E-state index in [1.54, 1.807) is 9.58 Å². The fourth-order valence-electron chi connectivity index (χ4n) is 3.51. The molecule has 26 heavy (non-hydrogen) atoms. The molecule has 1 fully saturated rings. The summed E-state index contributed by atoms with van der Waals surface area (Å²) < 4.78 is 12.7. The molecule has 2 aliphatic rings. The quantitative estimate of drug-likeness (QED) is 0.893. The summed E-state index contributed by atoms with van der Waals surface area (Å²) in [7, 11) is 1.88. The molecule has 9 heteroatoms. The molecular formula is C17H24N6O3. The van der Waals surface area contributed by atoms with Crippen molar-refractivity contribution in [2.45, 2.75) is 45.2 Å². The first kappa shape index (κ1) is 17.0. The van der Waals surface area contributed by atoms with E-state index >= 15 is 0 Å². The number of fused-ring (bicyclic) bond motifs is 1. The maximum atomic E-state index is 12.3. The third kappa shape index (κ3) is 3.07. The molecule has 0 radical (unpaired) electrons. The van der Waals surface area contributed by atoms with E-state index in [0.717, 1.165) is 49.6 Å². The minimum atomic E-state index is -0.0533. The van der Waals surface area contributed by atoms with Crippen LogP contribution in [0.15, 0.2) is 4.52 Å². The Morgan fingerprint density at radius 3 is 2.88 bits per heavy atom. The Hall–Kier alpha value is -2.42. The zero-order valence-electron chi connectivity index (χ0n) is 15.2. The molecule has 1 saturated heterocycles. The normalized spacial score (nSPS) is 17.5. The summed E-state index contributed by atoms with van der Waals surface area (Å²) in [6.07, 6.45) is 2.73. The standard InChI is InChI=1S/C17H24N6O3/c1-3-6-18-17(24)23-9-12-13(10-23)22(2)20-14(12)16-19-15(21-26-16)11-4-7-25-8-5-11/h11H,3-10H2,1-2H3,(H,18,24). The van der Waals surface area contributed by atoms with Crippen LogP contribution in [0, 0.1) is 0 Å². The van der Waals surface area contributed by atoms with Gasteiger partial charge in [-0.2, -0.15) is 10.1 Å². The average Bonchev–Trinajstić information content (AvgIpc) is 3.37. The molecule has 2 amide bonds. The first-order valence-electron chi connectivity index (χ1n) is 9.16. The van der Waals surface area contributed by atoms with Gasteiger partial charge in [-0.15, -0.1) is 0 Å². The van der Waals surface area contributed by atoms with Crippen molar-refractivity contribution in [2.24, 2.45) is 7.05 Å². The molecule has 0 spiro atoms. The second-order valence-electron chi connectivity index (χ2n) is 6.83. The molecule has 0 aromatic carbocycles. The number of hydrogen-bond acceptors (Lipinski definition) is 6. The smallest absolute Gasteiger partial charge is 0.318 e. The number of nitrogens with one attached hydrogen (secondary N) is 1. The second kappa shape index (κ2) is 7.06. The van der Waals surface area contributed by atoms with Crippen molar-refractivity contribution in [2.75, 3.05) is 19.8 Å². The Kier molecular flexibility index (Phi) is 4.62. The van der Waals surface area contributed by atoms with Crippen molar-refractivity contribution >= 4 is 6.03 Å². The van der Waals surface area contributed by atoms with Crippen LogP contribution in [-0.2, 0) is 24.9 Å². The van der Waals surface area contributed by atoms with E-state index in [9.17, 15) is 4.79 Å². The zero-order chi connectivity index (χ0) is 18.1. The fraction of sp³-hybridized carbons (Fsp3) is 0.647. The lowest BCUT2D eigenvalue weighted by molar-refractivity contribution is 0.0830. The lowest BCUT2D eigenvalue weighted by Crippen LogP contribution is -2.37. The highest BCUT2D eigenvalue weighted by Gasteiger charge is 2.32. The Labute approximate surface area is 151 Å². The van der Waals surface area contributed by atoms with Crippen molar-refractivity contribution in [1.29, 1.82) is 0 Å². The van der Waals surface area contributed by atoms with Crippen molar-refractivity contribution < 1.29 is 14.1 Å². The van der Waals surface area contributed by atoms with Crippen LogP contribution in [-0.4, -0.2) is 50.6 Å². The molecule has 0 bridgehead atoms. The van der Waals surface area contributed by atoms with Crippen molar-refractivity contribution in [3.63, 3.8) is 0 Å². The summed E-state index contributed by atoms with van der Waals surface area (Å²) in [6, 6.07) is -0.0533. The maximum absolute atomic E-state index is 12.3. The number of aryl methyl sites for hydroxylation is 1. The highest BCUT2D eigenvalue weighted by molar-refractivity contribution is 5.75. The number of amides is 2. The number of urea groups is 1. The number of aromatic nitrogens is 4. The van der Waals surface area contributed by atoms with Gasteiger partial charge in [0, 0.05) is 38.3 Å². The molecule has 2 aromatic heterocycles. The van der Waals surface area contributed by atoms with Gasteiger partial charge in [-0.3, -0.25) is 4.68 Å². The Morgan fingerprint density at radius 2 is 2.12 bits per heavy atom. The van der Waals surface area contributed by atoms with Crippen LogP contribution in [0.3, 0.4) is 0 Å². The number of carbonyl (C=O) groups is 1. The van der Waals surface area contributed by atoms with Crippen LogP contribution in [0.25, 0.3) is 11.6 Å². The van der Waals surface area contributed by atoms with Crippen LogP contribution in [0.2, 0.25) is 0 Å². The second-order valence-corrected chi connectivity index (χ2v) is 6.83. The minimum Gasteiger partial charge on any atom is -0.381 e. The average molecular weight is 360 g/mol. The topological polar surface area (TPSA) is 98.3 Å². The van der Waals surface area contributed by atoms with Gasteiger partial charge in [0.15, 0.2) is 11.5 Å². The van der Waals surface area contributed by atoms with Gasteiger partial charge < -0.3 is 19.5 Å². The molecule has 2 aromatic rings. The number of nitrogens with zero attached hydrogens (tertiary/aromatic N) is 5. The van der Waals surface area contributed by atoms with Crippen LogP contribution in [0.5, 0.6) is 0 Å². The van der Waals surface area contributed by atoms with Crippen LogP contribution < -0.4 is 5.32 Å². The summed E-state index contributed by atoms with van der Waals surface area (Å²) in [5, 5.41) is 11.6. The maximum Gasteiger partial charge on any atom is 0.318 e. The van der Waals surface area contributed by atoms with E-state index in [-0.39, 0.29) is 11.9 Å². The lowest BCUT2D eigenvalue weighted by atomic mass is 10.00. The van der Waals surface area contributed by atoms with Crippen LogP contribution in [0.4, 0.5) is 4.79 Å². The predicted molar refractivity (Wildman–Crippen MR) is 92.2 cm³/mol. The Morgan fingerprint density at radius 1 is 1.31 bits per heavy atom. The predicted octanol–water partition coefficient (Wildman–Crippen LogP) is 1.80. The number of rotatable bonds is 4. The van der Waals surface area contributed by atoms with Gasteiger partial charge in [-0.25, -0.2) is 4.79 Å². The zero-order valence-corrected chi connectivity index (χ0v) is 15.2. The van der Waals surface area contributed by atoms with Crippen LogP contribution in [0.1, 0.15) is 49.2 Å². The van der Waals surface area contributed by atoms with Gasteiger partial charge in [-0.1, -0.05) is 12.1 Å². The molecule has 1 N–H and O–H groups in total. The SMILES string of the molecule is CCCNC(=O)N1Cc2c(-c3nc(C4CCOCC4)no3)nn(C)c2C1. The van der Waals surface area contributed by atoms with Gasteiger partial charge in [0.25, 0.3) is 5.89 Å². The lowest BCUT2D eigenvalue weighted by Gasteiger charge is -2.18. The Bertz CT molecular complexity index is 793. The molecule has 2 aliphatic heterocycles. The number of hydrogen-bond donors (Lipinski definition) is 1.